The topological polar surface area (TPSA) is 78.3 Å². The highest BCUT2D eigenvalue weighted by atomic mass is 15.3. The van der Waals surface area contributed by atoms with Crippen molar-refractivity contribution in [2.75, 3.05) is 11.4 Å². The maximum atomic E-state index is 8.54. The fourth-order valence-corrected chi connectivity index (χ4v) is 1.52. The maximum Gasteiger partial charge on any atom is 0.211 e. The van der Waals surface area contributed by atoms with Gasteiger partial charge in [-0.15, -0.1) is 4.99 Å². The Hall–Kier alpha value is -2.09. The van der Waals surface area contributed by atoms with Gasteiger partial charge in [0, 0.05) is 12.7 Å². The molecule has 5 nitrogen and oxygen atoms in total. The summed E-state index contributed by atoms with van der Waals surface area (Å²) in [6.45, 7) is 2.89. The Morgan fingerprint density at radius 1 is 1.59 bits per heavy atom. The average molecular weight is 231 g/mol. The highest BCUT2D eigenvalue weighted by Crippen LogP contribution is 2.12. The predicted molar refractivity (Wildman–Crippen MR) is 68.3 cm³/mol. The molecule has 0 amide bonds. The van der Waals surface area contributed by atoms with Gasteiger partial charge in [-0.25, -0.2) is 0 Å². The molecule has 2 N–H and O–H groups in total. The standard InChI is InChI=1S/C12H17N5/c1-2-3-4-8-17(12(14)16-10-13)11-6-5-7-15-9-11/h5-7,9H,2-4,8H2,1H3,(H2,14,16). The Kier molecular flexibility index (Phi) is 5.52. The summed E-state index contributed by atoms with van der Waals surface area (Å²) in [7, 11) is 0. The summed E-state index contributed by atoms with van der Waals surface area (Å²) in [6.07, 6.45) is 8.39. The zero-order valence-electron chi connectivity index (χ0n) is 10.0. The summed E-state index contributed by atoms with van der Waals surface area (Å²) >= 11 is 0. The van der Waals surface area contributed by atoms with Crippen molar-refractivity contribution >= 4 is 11.6 Å². The molecule has 17 heavy (non-hydrogen) atoms. The highest BCUT2D eigenvalue weighted by molar-refractivity contribution is 5.95. The van der Waals surface area contributed by atoms with Gasteiger partial charge in [-0.3, -0.25) is 4.98 Å². The Labute approximate surface area is 102 Å². The van der Waals surface area contributed by atoms with E-state index in [1.807, 2.05) is 17.0 Å². The third-order valence-electron chi connectivity index (χ3n) is 2.38. The third-order valence-corrected chi connectivity index (χ3v) is 2.38. The van der Waals surface area contributed by atoms with Gasteiger partial charge in [-0.05, 0) is 18.6 Å². The zero-order valence-corrected chi connectivity index (χ0v) is 10.0. The number of aliphatic imine (C=N–C) groups is 1. The summed E-state index contributed by atoms with van der Waals surface area (Å²) in [4.78, 5) is 9.43. The van der Waals surface area contributed by atoms with Crippen LogP contribution in [0.5, 0.6) is 0 Å². The molecule has 0 unspecified atom stereocenters. The van der Waals surface area contributed by atoms with Crippen LogP contribution in [0.4, 0.5) is 5.69 Å². The smallest absolute Gasteiger partial charge is 0.211 e. The van der Waals surface area contributed by atoms with E-state index in [0.29, 0.717) is 0 Å². The third kappa shape index (κ3) is 4.11. The second kappa shape index (κ2) is 7.23. The van der Waals surface area contributed by atoms with E-state index in [4.69, 9.17) is 11.0 Å². The maximum absolute atomic E-state index is 8.54. The van der Waals surface area contributed by atoms with Crippen molar-refractivity contribution in [3.63, 3.8) is 0 Å². The van der Waals surface area contributed by atoms with Gasteiger partial charge in [0.25, 0.3) is 0 Å². The molecule has 0 atom stereocenters. The SMILES string of the molecule is CCCCCN(C(N)=NC#N)c1cccnc1. The summed E-state index contributed by atoms with van der Waals surface area (Å²) in [5, 5.41) is 8.54. The molecule has 0 bridgehead atoms. The van der Waals surface area contributed by atoms with Crippen molar-refractivity contribution in [1.82, 2.24) is 4.98 Å². The molecular weight excluding hydrogens is 214 g/mol. The average Bonchev–Trinajstić information content (AvgIpc) is 2.36. The number of pyridine rings is 1. The Morgan fingerprint density at radius 3 is 3.00 bits per heavy atom. The molecular formula is C12H17N5. The van der Waals surface area contributed by atoms with Crippen LogP contribution in [-0.2, 0) is 0 Å². The number of aromatic nitrogens is 1. The molecule has 1 aromatic rings. The zero-order chi connectivity index (χ0) is 12.5. The molecule has 0 aliphatic heterocycles. The van der Waals surface area contributed by atoms with E-state index in [0.717, 1.165) is 31.5 Å². The minimum atomic E-state index is 0.219. The van der Waals surface area contributed by atoms with E-state index in [1.165, 1.54) is 0 Å². The number of unbranched alkanes of at least 4 members (excludes halogenated alkanes) is 2. The molecule has 0 aliphatic carbocycles. The number of guanidine groups is 1. The molecule has 0 saturated heterocycles. The van der Waals surface area contributed by atoms with Crippen LogP contribution in [-0.4, -0.2) is 17.5 Å². The lowest BCUT2D eigenvalue weighted by atomic mass is 10.2. The lowest BCUT2D eigenvalue weighted by Crippen LogP contribution is -2.38. The van der Waals surface area contributed by atoms with E-state index in [1.54, 1.807) is 18.6 Å². The van der Waals surface area contributed by atoms with Crippen molar-refractivity contribution in [2.45, 2.75) is 26.2 Å². The van der Waals surface area contributed by atoms with Gasteiger partial charge in [0.2, 0.25) is 12.2 Å². The molecule has 5 heteroatoms. The van der Waals surface area contributed by atoms with Crippen molar-refractivity contribution in [1.29, 1.82) is 5.26 Å². The molecule has 0 spiro atoms. The number of nitrogens with zero attached hydrogens (tertiary/aromatic N) is 4. The Bertz CT molecular complexity index is 393. The Morgan fingerprint density at radius 2 is 2.41 bits per heavy atom. The molecule has 1 heterocycles. The quantitative estimate of drug-likeness (QED) is 0.363. The van der Waals surface area contributed by atoms with Crippen LogP contribution in [0.2, 0.25) is 0 Å². The van der Waals surface area contributed by atoms with Crippen LogP contribution in [0, 0.1) is 11.5 Å². The molecule has 0 fully saturated rings. The van der Waals surface area contributed by atoms with Gasteiger partial charge in [0.1, 0.15) is 0 Å². The first-order valence-corrected chi connectivity index (χ1v) is 5.69. The second-order valence-electron chi connectivity index (χ2n) is 3.64. The minimum absolute atomic E-state index is 0.219. The number of anilines is 1. The van der Waals surface area contributed by atoms with Gasteiger partial charge >= 0.3 is 0 Å². The second-order valence-corrected chi connectivity index (χ2v) is 3.64. The van der Waals surface area contributed by atoms with Crippen molar-refractivity contribution in [2.24, 2.45) is 10.7 Å². The van der Waals surface area contributed by atoms with Crippen LogP contribution in [0.3, 0.4) is 0 Å². The number of rotatable bonds is 5. The van der Waals surface area contributed by atoms with Crippen LogP contribution >= 0.6 is 0 Å². The fourth-order valence-electron chi connectivity index (χ4n) is 1.52. The highest BCUT2D eigenvalue weighted by Gasteiger charge is 2.10. The van der Waals surface area contributed by atoms with E-state index in [-0.39, 0.29) is 5.96 Å². The monoisotopic (exact) mass is 231 g/mol. The first kappa shape index (κ1) is 13.0. The van der Waals surface area contributed by atoms with Gasteiger partial charge in [-0.2, -0.15) is 5.26 Å². The van der Waals surface area contributed by atoms with E-state index >= 15 is 0 Å². The van der Waals surface area contributed by atoms with Crippen molar-refractivity contribution in [3.8, 4) is 6.19 Å². The summed E-state index contributed by atoms with van der Waals surface area (Å²) < 4.78 is 0. The van der Waals surface area contributed by atoms with E-state index in [2.05, 4.69) is 16.9 Å². The van der Waals surface area contributed by atoms with Crippen LogP contribution in [0.1, 0.15) is 26.2 Å². The first-order valence-electron chi connectivity index (χ1n) is 5.69. The fraction of sp³-hybridized carbons (Fsp3) is 0.417. The van der Waals surface area contributed by atoms with Gasteiger partial charge in [0.05, 0.1) is 11.9 Å². The number of hydrogen-bond acceptors (Lipinski definition) is 3. The largest absolute Gasteiger partial charge is 0.369 e. The summed E-state index contributed by atoms with van der Waals surface area (Å²) in [6, 6.07) is 3.74. The number of nitrogens with two attached hydrogens (primary N) is 1. The summed E-state index contributed by atoms with van der Waals surface area (Å²) in [5.74, 6) is 0.219. The molecule has 1 aromatic heterocycles. The normalized spacial score (nSPS) is 10.9. The summed E-state index contributed by atoms with van der Waals surface area (Å²) in [5.41, 5.74) is 6.63. The predicted octanol–water partition coefficient (Wildman–Crippen LogP) is 1.87. The van der Waals surface area contributed by atoms with Crippen LogP contribution in [0.15, 0.2) is 29.5 Å². The first-order chi connectivity index (χ1) is 8.29. The molecule has 0 radical (unpaired) electrons. The van der Waals surface area contributed by atoms with Gasteiger partial charge < -0.3 is 10.6 Å². The van der Waals surface area contributed by atoms with Crippen LogP contribution in [0.25, 0.3) is 0 Å². The number of hydrogen-bond donors (Lipinski definition) is 1. The molecule has 0 saturated carbocycles. The van der Waals surface area contributed by atoms with E-state index < -0.39 is 0 Å². The molecule has 0 aliphatic rings. The molecule has 0 aromatic carbocycles. The lowest BCUT2D eigenvalue weighted by molar-refractivity contribution is 0.720. The van der Waals surface area contributed by atoms with Gasteiger partial charge in [0.15, 0.2) is 0 Å². The van der Waals surface area contributed by atoms with Crippen LogP contribution < -0.4 is 10.6 Å². The van der Waals surface area contributed by atoms with Crippen molar-refractivity contribution in [3.05, 3.63) is 24.5 Å². The lowest BCUT2D eigenvalue weighted by Gasteiger charge is -2.22. The van der Waals surface area contributed by atoms with Crippen molar-refractivity contribution < 1.29 is 0 Å². The van der Waals surface area contributed by atoms with E-state index in [9.17, 15) is 0 Å². The van der Waals surface area contributed by atoms with Gasteiger partial charge in [-0.1, -0.05) is 19.8 Å². The molecule has 90 valence electrons. The minimum Gasteiger partial charge on any atom is -0.369 e. The Balaban J connectivity index is 2.80. The number of nitriles is 1. The molecule has 1 rings (SSSR count).